The molecular weight excluding hydrogens is 314 g/mol. The fraction of sp³-hybridized carbons (Fsp3) is 0.250. The molecule has 1 aromatic heterocycles. The highest BCUT2D eigenvalue weighted by atomic mass is 16.2. The lowest BCUT2D eigenvalue weighted by Gasteiger charge is -2.19. The molecule has 1 heterocycles. The summed E-state index contributed by atoms with van der Waals surface area (Å²) >= 11 is 0. The van der Waals surface area contributed by atoms with Crippen molar-refractivity contribution in [2.24, 2.45) is 5.92 Å². The van der Waals surface area contributed by atoms with Crippen LogP contribution in [0.25, 0.3) is 11.0 Å². The Kier molecular flexibility index (Phi) is 4.06. The van der Waals surface area contributed by atoms with Gasteiger partial charge in [-0.05, 0) is 36.5 Å². The number of rotatable bonds is 5. The van der Waals surface area contributed by atoms with Crippen molar-refractivity contribution in [3.63, 3.8) is 0 Å². The van der Waals surface area contributed by atoms with Gasteiger partial charge in [-0.3, -0.25) is 14.2 Å². The molecule has 25 heavy (non-hydrogen) atoms. The molecule has 0 radical (unpaired) electrons. The van der Waals surface area contributed by atoms with Gasteiger partial charge in [0.05, 0.1) is 23.3 Å². The fourth-order valence-corrected chi connectivity index (χ4v) is 3.20. The standard InChI is InChI=1S/C20H19N3O2/c24-18(22-20(15-10-11-15)14-6-2-1-3-7-14)13-23-17-9-5-4-8-16(17)21-12-19(23)25/h1-9,12,15,20H,10-11,13H2,(H,22,24). The normalized spacial score (nSPS) is 15.0. The van der Waals surface area contributed by atoms with E-state index in [1.54, 1.807) is 0 Å². The van der Waals surface area contributed by atoms with Crippen molar-refractivity contribution < 1.29 is 4.79 Å². The summed E-state index contributed by atoms with van der Waals surface area (Å²) < 4.78 is 1.48. The Labute approximate surface area is 145 Å². The molecule has 0 saturated heterocycles. The number of carbonyl (C=O) groups is 1. The van der Waals surface area contributed by atoms with Crippen LogP contribution in [0.1, 0.15) is 24.4 Å². The fourth-order valence-electron chi connectivity index (χ4n) is 3.20. The van der Waals surface area contributed by atoms with Gasteiger partial charge >= 0.3 is 0 Å². The minimum absolute atomic E-state index is 0.00206. The molecule has 0 bridgehead atoms. The van der Waals surface area contributed by atoms with Gasteiger partial charge < -0.3 is 5.32 Å². The Morgan fingerprint density at radius 3 is 2.60 bits per heavy atom. The predicted molar refractivity (Wildman–Crippen MR) is 96.1 cm³/mol. The molecule has 1 N–H and O–H groups in total. The summed E-state index contributed by atoms with van der Waals surface area (Å²) in [5.74, 6) is 0.330. The summed E-state index contributed by atoms with van der Waals surface area (Å²) in [6, 6.07) is 17.4. The molecular formula is C20H19N3O2. The third kappa shape index (κ3) is 3.31. The Bertz CT molecular complexity index is 961. The van der Waals surface area contributed by atoms with Gasteiger partial charge in [-0.1, -0.05) is 42.5 Å². The third-order valence-electron chi connectivity index (χ3n) is 4.62. The van der Waals surface area contributed by atoms with Crippen LogP contribution in [-0.4, -0.2) is 15.5 Å². The lowest BCUT2D eigenvalue weighted by Crippen LogP contribution is -2.35. The maximum Gasteiger partial charge on any atom is 0.269 e. The van der Waals surface area contributed by atoms with Gasteiger partial charge in [0.15, 0.2) is 0 Å². The SMILES string of the molecule is O=C(Cn1c(=O)cnc2ccccc21)NC(c1ccccc1)C1CC1. The number of hydrogen-bond acceptors (Lipinski definition) is 3. The first-order valence-corrected chi connectivity index (χ1v) is 8.51. The summed E-state index contributed by atoms with van der Waals surface area (Å²) in [7, 11) is 0. The number of aromatic nitrogens is 2. The number of nitrogens with one attached hydrogen (secondary N) is 1. The van der Waals surface area contributed by atoms with E-state index in [9.17, 15) is 9.59 Å². The number of hydrogen-bond donors (Lipinski definition) is 1. The number of fused-ring (bicyclic) bond motifs is 1. The van der Waals surface area contributed by atoms with Gasteiger partial charge in [-0.15, -0.1) is 0 Å². The zero-order valence-electron chi connectivity index (χ0n) is 13.8. The lowest BCUT2D eigenvalue weighted by atomic mass is 10.0. The minimum Gasteiger partial charge on any atom is -0.347 e. The monoisotopic (exact) mass is 333 g/mol. The predicted octanol–water partition coefficient (Wildman–Crippen LogP) is 2.66. The van der Waals surface area contributed by atoms with Crippen molar-refractivity contribution in [2.45, 2.75) is 25.4 Å². The van der Waals surface area contributed by atoms with Gasteiger partial charge in [0.1, 0.15) is 6.54 Å². The van der Waals surface area contributed by atoms with E-state index in [0.29, 0.717) is 17.0 Å². The Hall–Kier alpha value is -2.95. The second-order valence-corrected chi connectivity index (χ2v) is 6.46. The van der Waals surface area contributed by atoms with Crippen LogP contribution in [0.15, 0.2) is 65.6 Å². The summed E-state index contributed by atoms with van der Waals surface area (Å²) in [6.45, 7) is -0.00206. The molecule has 4 rings (SSSR count). The van der Waals surface area contributed by atoms with Gasteiger partial charge in [-0.2, -0.15) is 0 Å². The van der Waals surface area contributed by atoms with Gasteiger partial charge in [0, 0.05) is 0 Å². The van der Waals surface area contributed by atoms with E-state index in [0.717, 1.165) is 18.4 Å². The molecule has 0 spiro atoms. The average Bonchev–Trinajstić information content (AvgIpc) is 3.48. The van der Waals surface area contributed by atoms with E-state index in [1.165, 1.54) is 10.8 Å². The molecule has 5 heteroatoms. The molecule has 0 aliphatic heterocycles. The van der Waals surface area contributed by atoms with Crippen molar-refractivity contribution in [3.8, 4) is 0 Å². The van der Waals surface area contributed by atoms with E-state index in [1.807, 2.05) is 54.6 Å². The van der Waals surface area contributed by atoms with Crippen LogP contribution >= 0.6 is 0 Å². The number of amides is 1. The maximum atomic E-state index is 12.6. The van der Waals surface area contributed by atoms with Crippen LogP contribution < -0.4 is 10.9 Å². The van der Waals surface area contributed by atoms with Crippen molar-refractivity contribution in [1.82, 2.24) is 14.9 Å². The number of benzene rings is 2. The highest BCUT2D eigenvalue weighted by Gasteiger charge is 2.33. The van der Waals surface area contributed by atoms with Crippen molar-refractivity contribution in [1.29, 1.82) is 0 Å². The van der Waals surface area contributed by atoms with E-state index < -0.39 is 0 Å². The molecule has 1 amide bonds. The van der Waals surface area contributed by atoms with Gasteiger partial charge in [0.25, 0.3) is 5.56 Å². The van der Waals surface area contributed by atoms with Crippen molar-refractivity contribution >= 4 is 16.9 Å². The summed E-state index contributed by atoms with van der Waals surface area (Å²) in [4.78, 5) is 29.0. The first kappa shape index (κ1) is 15.6. The van der Waals surface area contributed by atoms with Crippen molar-refractivity contribution in [2.75, 3.05) is 0 Å². The smallest absolute Gasteiger partial charge is 0.269 e. The quantitative estimate of drug-likeness (QED) is 0.781. The number of para-hydroxylation sites is 2. The molecule has 126 valence electrons. The largest absolute Gasteiger partial charge is 0.347 e. The second-order valence-electron chi connectivity index (χ2n) is 6.46. The lowest BCUT2D eigenvalue weighted by molar-refractivity contribution is -0.122. The molecule has 1 aliphatic rings. The highest BCUT2D eigenvalue weighted by Crippen LogP contribution is 2.40. The first-order valence-electron chi connectivity index (χ1n) is 8.51. The molecule has 1 saturated carbocycles. The molecule has 2 aromatic carbocycles. The maximum absolute atomic E-state index is 12.6. The van der Waals surface area contributed by atoms with Crippen LogP contribution in [0.4, 0.5) is 0 Å². The summed E-state index contributed by atoms with van der Waals surface area (Å²) in [5.41, 5.74) is 2.23. The molecule has 5 nitrogen and oxygen atoms in total. The van der Waals surface area contributed by atoms with E-state index >= 15 is 0 Å². The van der Waals surface area contributed by atoms with E-state index in [4.69, 9.17) is 0 Å². The summed E-state index contributed by atoms with van der Waals surface area (Å²) in [6.07, 6.45) is 3.52. The zero-order valence-corrected chi connectivity index (χ0v) is 13.8. The first-order chi connectivity index (χ1) is 12.2. The molecule has 3 aromatic rings. The van der Waals surface area contributed by atoms with Crippen LogP contribution in [0.5, 0.6) is 0 Å². The molecule has 1 atom stereocenters. The van der Waals surface area contributed by atoms with Crippen LogP contribution in [0, 0.1) is 5.92 Å². The molecule has 1 unspecified atom stereocenters. The zero-order chi connectivity index (χ0) is 17.2. The van der Waals surface area contributed by atoms with E-state index in [-0.39, 0.29) is 24.1 Å². The average molecular weight is 333 g/mol. The third-order valence-corrected chi connectivity index (χ3v) is 4.62. The number of carbonyl (C=O) groups excluding carboxylic acids is 1. The van der Waals surface area contributed by atoms with Crippen molar-refractivity contribution in [3.05, 3.63) is 76.7 Å². The van der Waals surface area contributed by atoms with Gasteiger partial charge in [-0.25, -0.2) is 4.98 Å². The minimum atomic E-state index is -0.267. The Balaban J connectivity index is 1.58. The molecule has 1 fully saturated rings. The molecule has 1 aliphatic carbocycles. The van der Waals surface area contributed by atoms with Gasteiger partial charge in [0.2, 0.25) is 5.91 Å². The van der Waals surface area contributed by atoms with Crippen LogP contribution in [-0.2, 0) is 11.3 Å². The second kappa shape index (κ2) is 6.51. The van der Waals surface area contributed by atoms with Crippen LogP contribution in [0.2, 0.25) is 0 Å². The topological polar surface area (TPSA) is 64.0 Å². The van der Waals surface area contributed by atoms with E-state index in [2.05, 4.69) is 10.3 Å². The Morgan fingerprint density at radius 1 is 1.12 bits per heavy atom. The number of nitrogens with zero attached hydrogens (tertiary/aromatic N) is 2. The highest BCUT2D eigenvalue weighted by molar-refractivity contribution is 5.80. The summed E-state index contributed by atoms with van der Waals surface area (Å²) in [5, 5.41) is 3.12. The van der Waals surface area contributed by atoms with Crippen LogP contribution in [0.3, 0.4) is 0 Å². The Morgan fingerprint density at radius 2 is 1.84 bits per heavy atom.